The number of fused-ring (bicyclic) bond motifs is 1. The molecule has 0 aliphatic carbocycles. The van der Waals surface area contributed by atoms with Crippen molar-refractivity contribution in [2.24, 2.45) is 0 Å². The number of hydrogen-bond donors (Lipinski definition) is 3. The van der Waals surface area contributed by atoms with Crippen molar-refractivity contribution >= 4 is 40.5 Å². The van der Waals surface area contributed by atoms with Crippen molar-refractivity contribution in [2.75, 3.05) is 43.6 Å². The van der Waals surface area contributed by atoms with E-state index >= 15 is 0 Å². The van der Waals surface area contributed by atoms with Crippen molar-refractivity contribution in [1.29, 1.82) is 0 Å². The number of rotatable bonds is 7. The van der Waals surface area contributed by atoms with Crippen LogP contribution in [0.5, 0.6) is 5.75 Å². The van der Waals surface area contributed by atoms with Crippen LogP contribution in [0, 0.1) is 11.8 Å². The van der Waals surface area contributed by atoms with Crippen LogP contribution < -0.4 is 20.7 Å². The van der Waals surface area contributed by atoms with Crippen LogP contribution in [0.4, 0.5) is 24.7 Å². The van der Waals surface area contributed by atoms with E-state index in [0.717, 1.165) is 36.5 Å². The number of ether oxygens (including phenoxy) is 1. The molecule has 1 aromatic carbocycles. The van der Waals surface area contributed by atoms with Gasteiger partial charge < -0.3 is 20.7 Å². The maximum Gasteiger partial charge on any atom is 0.446 e. The Morgan fingerprint density at radius 2 is 2.03 bits per heavy atom. The lowest BCUT2D eigenvalue weighted by molar-refractivity contribution is -0.0327. The first-order valence-corrected chi connectivity index (χ1v) is 13.1. The fraction of sp³-hybridized carbons (Fsp3) is 0.375. The summed E-state index contributed by atoms with van der Waals surface area (Å²) in [7, 11) is 1.59. The summed E-state index contributed by atoms with van der Waals surface area (Å²) in [5.74, 6) is 7.08. The van der Waals surface area contributed by atoms with Crippen molar-refractivity contribution in [1.82, 2.24) is 14.9 Å². The van der Waals surface area contributed by atoms with E-state index in [0.29, 0.717) is 17.1 Å². The molecule has 3 heterocycles. The highest BCUT2D eigenvalue weighted by molar-refractivity contribution is 8.00. The molecule has 1 aliphatic heterocycles. The molecule has 1 saturated heterocycles. The van der Waals surface area contributed by atoms with Crippen LogP contribution in [0.15, 0.2) is 46.2 Å². The SMILES string of the molecule is COc1cc(SC)ccc1NCC#Cc1nn2c(NC3CCNCC3)cccc2c1SC(F)(F)F. The average molecular weight is 522 g/mol. The molecule has 3 N–H and O–H groups in total. The zero-order chi connectivity index (χ0) is 24.8. The molecule has 0 saturated carbocycles. The second-order valence-electron chi connectivity index (χ2n) is 7.82. The highest BCUT2D eigenvalue weighted by Crippen LogP contribution is 2.41. The maximum atomic E-state index is 13.4. The van der Waals surface area contributed by atoms with Gasteiger partial charge in [0.15, 0.2) is 0 Å². The van der Waals surface area contributed by atoms with Crippen molar-refractivity contribution in [3.8, 4) is 17.6 Å². The second kappa shape index (κ2) is 11.4. The molecule has 0 bridgehead atoms. The van der Waals surface area contributed by atoms with Crippen molar-refractivity contribution in [3.63, 3.8) is 0 Å². The number of thioether (sulfide) groups is 2. The zero-order valence-corrected chi connectivity index (χ0v) is 21.0. The monoisotopic (exact) mass is 521 g/mol. The van der Waals surface area contributed by atoms with Gasteiger partial charge in [0, 0.05) is 10.9 Å². The predicted octanol–water partition coefficient (Wildman–Crippen LogP) is 5.30. The van der Waals surface area contributed by atoms with E-state index in [9.17, 15) is 13.2 Å². The number of halogens is 3. The number of methoxy groups -OCH3 is 1. The van der Waals surface area contributed by atoms with E-state index in [-0.39, 0.29) is 34.9 Å². The van der Waals surface area contributed by atoms with Gasteiger partial charge in [-0.05, 0) is 80.2 Å². The number of piperidine rings is 1. The number of nitrogens with one attached hydrogen (secondary N) is 3. The summed E-state index contributed by atoms with van der Waals surface area (Å²) < 4.78 is 47.1. The van der Waals surface area contributed by atoms with E-state index in [1.54, 1.807) is 31.0 Å². The molecule has 0 amide bonds. The summed E-state index contributed by atoms with van der Waals surface area (Å²) in [5, 5.41) is 14.4. The minimum Gasteiger partial charge on any atom is -0.495 e. The Bertz CT molecular complexity index is 1230. The molecule has 186 valence electrons. The summed E-state index contributed by atoms with van der Waals surface area (Å²) in [4.78, 5) is 1.06. The Balaban J connectivity index is 1.60. The number of pyridine rings is 1. The molecule has 0 atom stereocenters. The summed E-state index contributed by atoms with van der Waals surface area (Å²) in [5.41, 5.74) is -3.23. The fourth-order valence-corrected chi connectivity index (χ4v) is 4.95. The normalized spacial score (nSPS) is 14.4. The van der Waals surface area contributed by atoms with Gasteiger partial charge in [-0.25, -0.2) is 4.52 Å². The maximum absolute atomic E-state index is 13.4. The van der Waals surface area contributed by atoms with Gasteiger partial charge in [0.1, 0.15) is 17.3 Å². The van der Waals surface area contributed by atoms with Crippen molar-refractivity contribution in [3.05, 3.63) is 42.1 Å². The predicted molar refractivity (Wildman–Crippen MR) is 137 cm³/mol. The number of nitrogens with zero attached hydrogens (tertiary/aromatic N) is 2. The Kier molecular flexibility index (Phi) is 8.26. The summed E-state index contributed by atoms with van der Waals surface area (Å²) in [6.45, 7) is 2.02. The zero-order valence-electron chi connectivity index (χ0n) is 19.3. The molecule has 4 rings (SSSR count). The molecule has 0 spiro atoms. The Labute approximate surface area is 210 Å². The highest BCUT2D eigenvalue weighted by atomic mass is 32.2. The van der Waals surface area contributed by atoms with E-state index in [4.69, 9.17) is 4.74 Å². The topological polar surface area (TPSA) is 62.6 Å². The molecule has 11 heteroatoms. The van der Waals surface area contributed by atoms with Crippen LogP contribution >= 0.6 is 23.5 Å². The molecular formula is C24H26F3N5OS2. The minimum absolute atomic E-state index is 0.000801. The Hall–Kier alpha value is -2.68. The van der Waals surface area contributed by atoms with Gasteiger partial charge >= 0.3 is 5.51 Å². The fourth-order valence-electron chi connectivity index (χ4n) is 3.84. The highest BCUT2D eigenvalue weighted by Gasteiger charge is 2.33. The molecule has 1 fully saturated rings. The van der Waals surface area contributed by atoms with Gasteiger partial charge in [-0.2, -0.15) is 18.3 Å². The third kappa shape index (κ3) is 6.51. The molecule has 2 aromatic heterocycles. The molecule has 6 nitrogen and oxygen atoms in total. The average Bonchev–Trinajstić information content (AvgIpc) is 3.19. The first kappa shape index (κ1) is 25.4. The van der Waals surface area contributed by atoms with E-state index in [1.165, 1.54) is 4.52 Å². The van der Waals surface area contributed by atoms with Gasteiger partial charge in [0.05, 0.1) is 29.8 Å². The second-order valence-corrected chi connectivity index (χ2v) is 9.78. The van der Waals surface area contributed by atoms with Crippen LogP contribution in [0.3, 0.4) is 0 Å². The Morgan fingerprint density at radius 1 is 1.23 bits per heavy atom. The first-order valence-electron chi connectivity index (χ1n) is 11.1. The number of benzene rings is 1. The number of aromatic nitrogens is 2. The third-order valence-corrected chi connectivity index (χ3v) is 7.07. The lowest BCUT2D eigenvalue weighted by Crippen LogP contribution is -2.35. The molecule has 1 aliphatic rings. The molecule has 3 aromatic rings. The largest absolute Gasteiger partial charge is 0.495 e. The molecule has 0 radical (unpaired) electrons. The standard InChI is InChI=1S/C24H26F3N5OS2/c1-33-21-15-17(34-2)8-9-18(21)29-12-4-5-19-23(35-24(25,26)27)20-6-3-7-22(32(20)31-19)30-16-10-13-28-14-11-16/h3,6-9,15-16,28-30H,10-14H2,1-2H3. The van der Waals surface area contributed by atoms with Crippen LogP contribution in [0.1, 0.15) is 18.5 Å². The minimum atomic E-state index is -4.46. The van der Waals surface area contributed by atoms with E-state index in [2.05, 4.69) is 32.9 Å². The van der Waals surface area contributed by atoms with Gasteiger partial charge in [0.25, 0.3) is 0 Å². The van der Waals surface area contributed by atoms with Crippen molar-refractivity contribution in [2.45, 2.75) is 34.2 Å². The first-order chi connectivity index (χ1) is 16.9. The third-order valence-electron chi connectivity index (χ3n) is 5.50. The summed E-state index contributed by atoms with van der Waals surface area (Å²) in [6, 6.07) is 11.2. The summed E-state index contributed by atoms with van der Waals surface area (Å²) >= 11 is 1.42. The number of alkyl halides is 3. The van der Waals surface area contributed by atoms with E-state index < -0.39 is 5.51 Å². The van der Waals surface area contributed by atoms with Crippen molar-refractivity contribution < 1.29 is 17.9 Å². The molecule has 0 unspecified atom stereocenters. The lowest BCUT2D eigenvalue weighted by Gasteiger charge is -2.24. The van der Waals surface area contributed by atoms with Gasteiger partial charge in [-0.3, -0.25) is 0 Å². The molecule has 35 heavy (non-hydrogen) atoms. The van der Waals surface area contributed by atoms with Gasteiger partial charge in [-0.1, -0.05) is 12.0 Å². The quantitative estimate of drug-likeness (QED) is 0.288. The Morgan fingerprint density at radius 3 is 2.74 bits per heavy atom. The number of anilines is 2. The van der Waals surface area contributed by atoms with Crippen LogP contribution in [0.25, 0.3) is 5.52 Å². The van der Waals surface area contributed by atoms with Gasteiger partial charge in [0.2, 0.25) is 0 Å². The number of hydrogen-bond acceptors (Lipinski definition) is 7. The smallest absolute Gasteiger partial charge is 0.446 e. The summed E-state index contributed by atoms with van der Waals surface area (Å²) in [6.07, 6.45) is 3.84. The van der Waals surface area contributed by atoms with Crippen LogP contribution in [0.2, 0.25) is 0 Å². The van der Waals surface area contributed by atoms with Crippen LogP contribution in [-0.2, 0) is 0 Å². The lowest BCUT2D eigenvalue weighted by atomic mass is 10.1. The van der Waals surface area contributed by atoms with Gasteiger partial charge in [-0.15, -0.1) is 11.8 Å². The van der Waals surface area contributed by atoms with E-state index in [1.807, 2.05) is 30.5 Å². The van der Waals surface area contributed by atoms with Crippen LogP contribution in [-0.4, -0.2) is 54.2 Å². The molecular weight excluding hydrogens is 495 g/mol.